The molecule has 0 aliphatic carbocycles. The number of para-hydroxylation sites is 1. The van der Waals surface area contributed by atoms with Gasteiger partial charge in [0.25, 0.3) is 10.0 Å². The van der Waals surface area contributed by atoms with Crippen molar-refractivity contribution in [2.24, 2.45) is 0 Å². The number of sulfonamides is 1. The van der Waals surface area contributed by atoms with Gasteiger partial charge in [0.2, 0.25) is 5.91 Å². The maximum absolute atomic E-state index is 13.4. The zero-order chi connectivity index (χ0) is 23.3. The average molecular weight is 517 g/mol. The fourth-order valence-corrected chi connectivity index (χ4v) is 4.96. The zero-order valence-corrected chi connectivity index (χ0v) is 20.5. The van der Waals surface area contributed by atoms with Crippen molar-refractivity contribution in [2.45, 2.75) is 24.8 Å². The molecule has 0 radical (unpaired) electrons. The number of nitrogens with one attached hydrogen (secondary N) is 1. The lowest BCUT2D eigenvalue weighted by atomic mass is 10.1. The van der Waals surface area contributed by atoms with Gasteiger partial charge in [-0.2, -0.15) is 0 Å². The Morgan fingerprint density at radius 3 is 2.28 bits per heavy atom. The van der Waals surface area contributed by atoms with E-state index in [4.69, 9.17) is 4.74 Å². The number of aryl methyl sites for hydroxylation is 1. The summed E-state index contributed by atoms with van der Waals surface area (Å²) in [5.41, 5.74) is 2.15. The third-order valence-electron chi connectivity index (χ3n) is 4.99. The van der Waals surface area contributed by atoms with Crippen LogP contribution in [0.4, 0.5) is 5.69 Å². The largest absolute Gasteiger partial charge is 0.496 e. The number of hydrogen-bond donors (Lipinski definition) is 1. The number of methoxy groups -OCH3 is 1. The molecule has 1 amide bonds. The van der Waals surface area contributed by atoms with Gasteiger partial charge < -0.3 is 10.1 Å². The number of benzene rings is 3. The first-order valence-electron chi connectivity index (χ1n) is 9.99. The number of anilines is 1. The van der Waals surface area contributed by atoms with Gasteiger partial charge in [0.1, 0.15) is 12.3 Å². The molecule has 168 valence electrons. The van der Waals surface area contributed by atoms with Crippen molar-refractivity contribution in [2.75, 3.05) is 18.0 Å². The minimum Gasteiger partial charge on any atom is -0.496 e. The predicted octanol–water partition coefficient (Wildman–Crippen LogP) is 4.84. The molecule has 1 N–H and O–H groups in total. The van der Waals surface area contributed by atoms with Gasteiger partial charge in [-0.05, 0) is 56.3 Å². The second-order valence-corrected chi connectivity index (χ2v) is 10.1. The van der Waals surface area contributed by atoms with Crippen LogP contribution in [0.5, 0.6) is 5.75 Å². The molecule has 0 fully saturated rings. The number of carbonyl (C=O) groups is 1. The molecule has 3 rings (SSSR count). The summed E-state index contributed by atoms with van der Waals surface area (Å²) in [7, 11) is -2.39. The van der Waals surface area contributed by atoms with Gasteiger partial charge in [0.05, 0.1) is 23.7 Å². The molecule has 0 saturated heterocycles. The molecule has 0 heterocycles. The Morgan fingerprint density at radius 2 is 1.66 bits per heavy atom. The molecule has 0 bridgehead atoms. The van der Waals surface area contributed by atoms with Crippen molar-refractivity contribution in [3.8, 4) is 5.75 Å². The Labute approximate surface area is 197 Å². The second-order valence-electron chi connectivity index (χ2n) is 7.33. The van der Waals surface area contributed by atoms with Crippen LogP contribution in [0, 0.1) is 6.92 Å². The van der Waals surface area contributed by atoms with E-state index in [1.54, 1.807) is 55.6 Å². The Kier molecular flexibility index (Phi) is 7.58. The SMILES string of the molecule is COc1ccccc1[C@@H](C)NC(=O)CN(c1ccc(Br)cc1)S(=O)(=O)c1ccc(C)cc1. The summed E-state index contributed by atoms with van der Waals surface area (Å²) >= 11 is 3.36. The first-order chi connectivity index (χ1) is 15.2. The molecule has 32 heavy (non-hydrogen) atoms. The third-order valence-corrected chi connectivity index (χ3v) is 7.31. The zero-order valence-electron chi connectivity index (χ0n) is 18.1. The van der Waals surface area contributed by atoms with Crippen molar-refractivity contribution >= 4 is 37.5 Å². The molecule has 0 aliphatic rings. The van der Waals surface area contributed by atoms with E-state index in [9.17, 15) is 13.2 Å². The summed E-state index contributed by atoms with van der Waals surface area (Å²) in [5.74, 6) is 0.222. The van der Waals surface area contributed by atoms with Crippen LogP contribution in [-0.2, 0) is 14.8 Å². The van der Waals surface area contributed by atoms with Crippen LogP contribution in [0.15, 0.2) is 82.2 Å². The number of carbonyl (C=O) groups excluding carboxylic acids is 1. The van der Waals surface area contributed by atoms with E-state index < -0.39 is 15.9 Å². The van der Waals surface area contributed by atoms with Crippen LogP contribution in [0.2, 0.25) is 0 Å². The molecule has 6 nitrogen and oxygen atoms in total. The lowest BCUT2D eigenvalue weighted by Crippen LogP contribution is -2.41. The van der Waals surface area contributed by atoms with Crippen LogP contribution in [0.25, 0.3) is 0 Å². The number of ether oxygens (including phenoxy) is 1. The maximum Gasteiger partial charge on any atom is 0.264 e. The standard InChI is InChI=1S/C24H25BrN2O4S/c1-17-8-14-21(15-9-17)32(29,30)27(20-12-10-19(25)11-13-20)16-24(28)26-18(2)22-6-4-5-7-23(22)31-3/h4-15,18H,16H2,1-3H3,(H,26,28)/t18-/m1/s1. The van der Waals surface area contributed by atoms with Crippen molar-refractivity contribution < 1.29 is 17.9 Å². The molecule has 0 aliphatic heterocycles. The molecule has 0 aromatic heterocycles. The van der Waals surface area contributed by atoms with Gasteiger partial charge in [0, 0.05) is 10.0 Å². The highest BCUT2D eigenvalue weighted by molar-refractivity contribution is 9.10. The van der Waals surface area contributed by atoms with Crippen LogP contribution in [0.1, 0.15) is 24.1 Å². The molecule has 0 unspecified atom stereocenters. The fourth-order valence-electron chi connectivity index (χ4n) is 3.28. The number of hydrogen-bond acceptors (Lipinski definition) is 4. The van der Waals surface area contributed by atoms with Gasteiger partial charge in [-0.15, -0.1) is 0 Å². The first kappa shape index (κ1) is 23.8. The number of halogens is 1. The van der Waals surface area contributed by atoms with Crippen LogP contribution in [-0.4, -0.2) is 28.0 Å². The van der Waals surface area contributed by atoms with Crippen molar-refractivity contribution in [3.63, 3.8) is 0 Å². The number of rotatable bonds is 8. The van der Waals surface area contributed by atoms with Gasteiger partial charge in [-0.1, -0.05) is 51.8 Å². The van der Waals surface area contributed by atoms with Crippen LogP contribution < -0.4 is 14.4 Å². The lowest BCUT2D eigenvalue weighted by molar-refractivity contribution is -0.120. The Morgan fingerprint density at radius 1 is 1.03 bits per heavy atom. The molecular weight excluding hydrogens is 492 g/mol. The maximum atomic E-state index is 13.4. The van der Waals surface area contributed by atoms with E-state index in [-0.39, 0.29) is 17.5 Å². The molecule has 1 atom stereocenters. The molecular formula is C24H25BrN2O4S. The van der Waals surface area contributed by atoms with Gasteiger partial charge in [-0.3, -0.25) is 9.10 Å². The Bertz CT molecular complexity index is 1180. The molecule has 3 aromatic rings. The molecule has 0 saturated carbocycles. The summed E-state index contributed by atoms with van der Waals surface area (Å²) in [6.07, 6.45) is 0. The molecule has 0 spiro atoms. The predicted molar refractivity (Wildman–Crippen MR) is 129 cm³/mol. The van der Waals surface area contributed by atoms with Crippen molar-refractivity contribution in [1.82, 2.24) is 5.32 Å². The Balaban J connectivity index is 1.89. The van der Waals surface area contributed by atoms with Crippen molar-refractivity contribution in [1.29, 1.82) is 0 Å². The number of amides is 1. The van der Waals surface area contributed by atoms with E-state index in [0.717, 1.165) is 19.9 Å². The summed E-state index contributed by atoms with van der Waals surface area (Å²) in [4.78, 5) is 13.1. The van der Waals surface area contributed by atoms with Crippen LogP contribution >= 0.6 is 15.9 Å². The summed E-state index contributed by atoms with van der Waals surface area (Å²) in [6, 6.07) is 20.4. The van der Waals surface area contributed by atoms with Gasteiger partial charge in [-0.25, -0.2) is 8.42 Å². The smallest absolute Gasteiger partial charge is 0.264 e. The highest BCUT2D eigenvalue weighted by Crippen LogP contribution is 2.27. The van der Waals surface area contributed by atoms with E-state index in [0.29, 0.717) is 11.4 Å². The topological polar surface area (TPSA) is 75.7 Å². The minimum atomic E-state index is -3.96. The monoisotopic (exact) mass is 516 g/mol. The second kappa shape index (κ2) is 10.2. The highest BCUT2D eigenvalue weighted by atomic mass is 79.9. The van der Waals surface area contributed by atoms with Gasteiger partial charge >= 0.3 is 0 Å². The van der Waals surface area contributed by atoms with E-state index in [2.05, 4.69) is 21.2 Å². The third kappa shape index (κ3) is 5.49. The van der Waals surface area contributed by atoms with Crippen molar-refractivity contribution in [3.05, 3.63) is 88.4 Å². The van der Waals surface area contributed by atoms with E-state index in [1.807, 2.05) is 38.1 Å². The minimum absolute atomic E-state index is 0.122. The normalized spacial score (nSPS) is 12.1. The fraction of sp³-hybridized carbons (Fsp3) is 0.208. The quantitative estimate of drug-likeness (QED) is 0.464. The summed E-state index contributed by atoms with van der Waals surface area (Å²) < 4.78 is 34.2. The molecule has 3 aromatic carbocycles. The number of nitrogens with zero attached hydrogens (tertiary/aromatic N) is 1. The molecule has 8 heteroatoms. The van der Waals surface area contributed by atoms with E-state index in [1.165, 1.54) is 0 Å². The average Bonchev–Trinajstić information content (AvgIpc) is 2.78. The summed E-state index contributed by atoms with van der Waals surface area (Å²) in [5, 5.41) is 2.88. The highest BCUT2D eigenvalue weighted by Gasteiger charge is 2.28. The van der Waals surface area contributed by atoms with Crippen LogP contribution in [0.3, 0.4) is 0 Å². The Hall–Kier alpha value is -2.84. The lowest BCUT2D eigenvalue weighted by Gasteiger charge is -2.25. The first-order valence-corrected chi connectivity index (χ1v) is 12.2. The van der Waals surface area contributed by atoms with E-state index >= 15 is 0 Å². The summed E-state index contributed by atoms with van der Waals surface area (Å²) in [6.45, 7) is 3.35. The van der Waals surface area contributed by atoms with Gasteiger partial charge in [0.15, 0.2) is 0 Å².